The average molecular weight is 521 g/mol. The molecule has 5 nitrogen and oxygen atoms in total. The number of benzene rings is 2. The van der Waals surface area contributed by atoms with Gasteiger partial charge in [0, 0.05) is 22.7 Å². The van der Waals surface area contributed by atoms with Crippen LogP contribution < -0.4 is 14.8 Å². The zero-order valence-electron chi connectivity index (χ0n) is 21.2. The van der Waals surface area contributed by atoms with Gasteiger partial charge >= 0.3 is 0 Å². The van der Waals surface area contributed by atoms with Crippen molar-refractivity contribution in [3.8, 4) is 11.5 Å². The lowest BCUT2D eigenvalue weighted by Gasteiger charge is -2.23. The maximum absolute atomic E-state index is 14.0. The Kier molecular flexibility index (Phi) is 8.19. The van der Waals surface area contributed by atoms with Crippen molar-refractivity contribution in [2.24, 2.45) is 4.99 Å². The van der Waals surface area contributed by atoms with Crippen molar-refractivity contribution in [1.82, 2.24) is 5.32 Å². The maximum Gasteiger partial charge on any atom is 0.254 e. The monoisotopic (exact) mass is 520 g/mol. The van der Waals surface area contributed by atoms with Crippen LogP contribution in [0.5, 0.6) is 11.5 Å². The van der Waals surface area contributed by atoms with Gasteiger partial charge in [-0.05, 0) is 73.9 Å². The lowest BCUT2D eigenvalue weighted by molar-refractivity contribution is 0.0927. The Morgan fingerprint density at radius 3 is 2.70 bits per heavy atom. The molecule has 5 rings (SSSR count). The molecular formula is C30H33FN2O3S. The molecule has 2 aromatic carbocycles. The van der Waals surface area contributed by atoms with Gasteiger partial charge in [0.2, 0.25) is 0 Å². The van der Waals surface area contributed by atoms with Crippen molar-refractivity contribution in [2.45, 2.75) is 70.4 Å². The molecule has 7 heteroatoms. The molecule has 2 aliphatic carbocycles. The number of amides is 1. The van der Waals surface area contributed by atoms with Crippen molar-refractivity contribution in [1.29, 1.82) is 0 Å². The minimum Gasteiger partial charge on any atom is -0.493 e. The highest BCUT2D eigenvalue weighted by atomic mass is 32.1. The Morgan fingerprint density at radius 2 is 1.89 bits per heavy atom. The predicted molar refractivity (Wildman–Crippen MR) is 146 cm³/mol. The van der Waals surface area contributed by atoms with Crippen LogP contribution in [0.15, 0.2) is 47.5 Å². The van der Waals surface area contributed by atoms with Crippen LogP contribution in [0.4, 0.5) is 9.39 Å². The Morgan fingerprint density at radius 1 is 1.08 bits per heavy atom. The van der Waals surface area contributed by atoms with Crippen LogP contribution >= 0.6 is 11.3 Å². The molecule has 1 fully saturated rings. The molecule has 0 radical (unpaired) electrons. The minimum atomic E-state index is -0.299. The van der Waals surface area contributed by atoms with E-state index in [0.717, 1.165) is 54.7 Å². The van der Waals surface area contributed by atoms with Crippen LogP contribution in [0, 0.1) is 5.82 Å². The van der Waals surface area contributed by atoms with Crippen molar-refractivity contribution in [3.63, 3.8) is 0 Å². The highest BCUT2D eigenvalue weighted by Gasteiger charge is 2.27. The molecule has 0 atom stereocenters. The molecule has 0 spiro atoms. The number of fused-ring (bicyclic) bond motifs is 1. The standard InChI is InChI=1S/C30H33FN2O3S/c1-35-26-17-20(15-16-25(26)36-19-21-9-5-7-13-24(21)31)18-32-30-28(23-12-6-8-14-27(23)37-30)29(34)33-22-10-3-2-4-11-22/h5,7,9,13,15-18,22H,2-4,6,8,10-12,14,19H2,1H3,(H,33,34)/b32-18-. The third kappa shape index (κ3) is 6.04. The van der Waals surface area contributed by atoms with E-state index in [1.54, 1.807) is 48.9 Å². The molecule has 0 saturated heterocycles. The van der Waals surface area contributed by atoms with Crippen LogP contribution in [-0.2, 0) is 19.4 Å². The molecule has 1 heterocycles. The zero-order chi connectivity index (χ0) is 25.6. The third-order valence-corrected chi connectivity index (χ3v) is 8.38. The fourth-order valence-corrected chi connectivity index (χ4v) is 6.40. The van der Waals surface area contributed by atoms with Gasteiger partial charge in [0.1, 0.15) is 17.4 Å². The molecule has 1 saturated carbocycles. The average Bonchev–Trinajstić information content (AvgIpc) is 3.31. The summed E-state index contributed by atoms with van der Waals surface area (Å²) < 4.78 is 25.3. The van der Waals surface area contributed by atoms with Crippen LogP contribution in [0.3, 0.4) is 0 Å². The summed E-state index contributed by atoms with van der Waals surface area (Å²) >= 11 is 1.64. The zero-order valence-corrected chi connectivity index (χ0v) is 22.0. The lowest BCUT2D eigenvalue weighted by atomic mass is 9.93. The first-order valence-electron chi connectivity index (χ1n) is 13.2. The second-order valence-electron chi connectivity index (χ2n) is 9.75. The van der Waals surface area contributed by atoms with Crippen molar-refractivity contribution in [2.75, 3.05) is 7.11 Å². The molecule has 0 bridgehead atoms. The number of methoxy groups -OCH3 is 1. The summed E-state index contributed by atoms with van der Waals surface area (Å²) in [6.07, 6.45) is 11.7. The summed E-state index contributed by atoms with van der Waals surface area (Å²) in [6, 6.07) is 12.4. The van der Waals surface area contributed by atoms with E-state index >= 15 is 0 Å². The number of aliphatic imine (C=N–C) groups is 1. The topological polar surface area (TPSA) is 59.9 Å². The van der Waals surface area contributed by atoms with Gasteiger partial charge in [-0.25, -0.2) is 9.38 Å². The van der Waals surface area contributed by atoms with Gasteiger partial charge in [-0.1, -0.05) is 37.5 Å². The Labute approximate surface area is 221 Å². The van der Waals surface area contributed by atoms with Crippen LogP contribution in [0.25, 0.3) is 0 Å². The van der Waals surface area contributed by atoms with E-state index in [1.165, 1.54) is 35.8 Å². The summed E-state index contributed by atoms with van der Waals surface area (Å²) in [5, 5.41) is 4.07. The number of thiophene rings is 1. The van der Waals surface area contributed by atoms with Gasteiger partial charge in [-0.3, -0.25) is 4.79 Å². The van der Waals surface area contributed by atoms with E-state index < -0.39 is 0 Å². The van der Waals surface area contributed by atoms with Gasteiger partial charge < -0.3 is 14.8 Å². The molecule has 3 aromatic rings. The van der Waals surface area contributed by atoms with Gasteiger partial charge in [-0.15, -0.1) is 11.3 Å². The van der Waals surface area contributed by atoms with E-state index in [1.807, 2.05) is 12.1 Å². The van der Waals surface area contributed by atoms with Gasteiger partial charge in [-0.2, -0.15) is 0 Å². The molecule has 1 amide bonds. The first-order chi connectivity index (χ1) is 18.1. The lowest BCUT2D eigenvalue weighted by Crippen LogP contribution is -2.36. The second-order valence-corrected chi connectivity index (χ2v) is 10.8. The molecule has 0 aliphatic heterocycles. The summed E-state index contributed by atoms with van der Waals surface area (Å²) in [6.45, 7) is 0.108. The molecule has 2 aliphatic rings. The highest BCUT2D eigenvalue weighted by molar-refractivity contribution is 7.16. The number of aryl methyl sites for hydroxylation is 1. The van der Waals surface area contributed by atoms with Crippen LogP contribution in [0.1, 0.15) is 76.9 Å². The van der Waals surface area contributed by atoms with E-state index in [2.05, 4.69) is 5.32 Å². The number of halogens is 1. The molecule has 194 valence electrons. The van der Waals surface area contributed by atoms with E-state index in [0.29, 0.717) is 17.1 Å². The predicted octanol–water partition coefficient (Wildman–Crippen LogP) is 7.17. The van der Waals surface area contributed by atoms with Crippen molar-refractivity contribution >= 4 is 28.5 Å². The second kappa shape index (κ2) is 11.9. The van der Waals surface area contributed by atoms with Gasteiger partial charge in [0.15, 0.2) is 11.5 Å². The van der Waals surface area contributed by atoms with Crippen molar-refractivity contribution in [3.05, 3.63) is 75.4 Å². The molecule has 0 unspecified atom stereocenters. The number of carbonyl (C=O) groups excluding carboxylic acids is 1. The first-order valence-corrected chi connectivity index (χ1v) is 14.0. The number of nitrogens with zero attached hydrogens (tertiary/aromatic N) is 1. The van der Waals surface area contributed by atoms with Crippen LogP contribution in [-0.4, -0.2) is 25.3 Å². The molecule has 1 aromatic heterocycles. The molecule has 37 heavy (non-hydrogen) atoms. The Balaban J connectivity index is 1.35. The number of hydrogen-bond acceptors (Lipinski definition) is 5. The number of ether oxygens (including phenoxy) is 2. The largest absolute Gasteiger partial charge is 0.493 e. The minimum absolute atomic E-state index is 0.0212. The molecule has 1 N–H and O–H groups in total. The molecular weight excluding hydrogens is 487 g/mol. The summed E-state index contributed by atoms with van der Waals surface area (Å²) in [7, 11) is 1.58. The fourth-order valence-electron chi connectivity index (χ4n) is 5.17. The number of nitrogens with one attached hydrogen (secondary N) is 1. The summed E-state index contributed by atoms with van der Waals surface area (Å²) in [5.74, 6) is 0.795. The van der Waals surface area contributed by atoms with Crippen molar-refractivity contribution < 1.29 is 18.7 Å². The summed E-state index contributed by atoms with van der Waals surface area (Å²) in [5.41, 5.74) is 3.26. The van der Waals surface area contributed by atoms with E-state index in [-0.39, 0.29) is 24.4 Å². The quantitative estimate of drug-likeness (QED) is 0.321. The van der Waals surface area contributed by atoms with Crippen LogP contribution in [0.2, 0.25) is 0 Å². The Bertz CT molecular complexity index is 1280. The smallest absolute Gasteiger partial charge is 0.254 e. The number of rotatable bonds is 8. The first kappa shape index (κ1) is 25.5. The Hall–Kier alpha value is -3.19. The fraction of sp³-hybridized carbons (Fsp3) is 0.400. The number of carbonyl (C=O) groups is 1. The van der Waals surface area contributed by atoms with E-state index in [4.69, 9.17) is 14.5 Å². The van der Waals surface area contributed by atoms with Gasteiger partial charge in [0.25, 0.3) is 5.91 Å². The highest BCUT2D eigenvalue weighted by Crippen LogP contribution is 2.40. The van der Waals surface area contributed by atoms with E-state index in [9.17, 15) is 9.18 Å². The normalized spacial score (nSPS) is 15.9. The SMILES string of the molecule is COc1cc(/C=N\c2sc3c(c2C(=O)NC2CCCCC2)CCCC3)ccc1OCc1ccccc1F. The maximum atomic E-state index is 14.0. The summed E-state index contributed by atoms with van der Waals surface area (Å²) in [4.78, 5) is 19.5. The number of hydrogen-bond donors (Lipinski definition) is 1. The van der Waals surface area contributed by atoms with Gasteiger partial charge in [0.05, 0.1) is 12.7 Å². The third-order valence-electron chi connectivity index (χ3n) is 7.18.